The number of anilines is 1. The van der Waals surface area contributed by atoms with Gasteiger partial charge in [0.15, 0.2) is 5.96 Å². The van der Waals surface area contributed by atoms with E-state index in [4.69, 9.17) is 9.73 Å². The van der Waals surface area contributed by atoms with Crippen LogP contribution in [-0.4, -0.2) is 38.2 Å². The highest BCUT2D eigenvalue weighted by Crippen LogP contribution is 2.40. The molecule has 0 atom stereocenters. The molecular formula is C24H40N4O2. The zero-order chi connectivity index (χ0) is 21.7. The van der Waals surface area contributed by atoms with E-state index in [-0.39, 0.29) is 5.91 Å². The Morgan fingerprint density at radius 2 is 1.97 bits per heavy atom. The summed E-state index contributed by atoms with van der Waals surface area (Å²) in [5.74, 6) is 0.905. The summed E-state index contributed by atoms with van der Waals surface area (Å²) in [7, 11) is 0. The normalized spacial score (nSPS) is 15.8. The van der Waals surface area contributed by atoms with Crippen LogP contribution in [0.25, 0.3) is 0 Å². The number of hydrogen-bond acceptors (Lipinski definition) is 3. The number of carbonyl (C=O) groups is 1. The molecule has 1 saturated carbocycles. The Kier molecular flexibility index (Phi) is 10.7. The summed E-state index contributed by atoms with van der Waals surface area (Å²) in [6.45, 7) is 10.1. The van der Waals surface area contributed by atoms with Crippen LogP contribution in [0.5, 0.6) is 0 Å². The number of nitrogens with zero attached hydrogens (tertiary/aromatic N) is 1. The number of carbonyl (C=O) groups excluding carboxylic acids is 1. The molecule has 0 unspecified atom stereocenters. The largest absolute Gasteiger partial charge is 0.382 e. The third kappa shape index (κ3) is 8.34. The number of hydrogen-bond donors (Lipinski definition) is 3. The number of amides is 1. The van der Waals surface area contributed by atoms with Crippen LogP contribution in [0.15, 0.2) is 29.3 Å². The van der Waals surface area contributed by atoms with Crippen molar-refractivity contribution in [1.29, 1.82) is 0 Å². The second-order valence-electron chi connectivity index (χ2n) is 8.20. The molecule has 3 N–H and O–H groups in total. The van der Waals surface area contributed by atoms with Gasteiger partial charge in [-0.05, 0) is 62.6 Å². The molecule has 0 saturated heterocycles. The first-order valence-electron chi connectivity index (χ1n) is 11.6. The molecule has 6 heteroatoms. The Labute approximate surface area is 182 Å². The molecule has 1 aliphatic rings. The zero-order valence-electron chi connectivity index (χ0n) is 19.1. The molecule has 1 aromatic rings. The summed E-state index contributed by atoms with van der Waals surface area (Å²) >= 11 is 0. The molecule has 0 radical (unpaired) electrons. The molecule has 0 aliphatic heterocycles. The lowest BCUT2D eigenvalue weighted by atomic mass is 9.83. The minimum atomic E-state index is 0.0575. The molecule has 1 aromatic carbocycles. The highest BCUT2D eigenvalue weighted by molar-refractivity contribution is 5.90. The molecule has 1 amide bonds. The van der Waals surface area contributed by atoms with E-state index in [0.717, 1.165) is 56.4 Å². The van der Waals surface area contributed by atoms with Gasteiger partial charge in [-0.25, -0.2) is 4.99 Å². The van der Waals surface area contributed by atoms with Gasteiger partial charge in [0.25, 0.3) is 0 Å². The average molecular weight is 417 g/mol. The lowest BCUT2D eigenvalue weighted by molar-refractivity contribution is -0.116. The van der Waals surface area contributed by atoms with Crippen LogP contribution in [-0.2, 0) is 16.1 Å². The number of ether oxygens (including phenoxy) is 1. The van der Waals surface area contributed by atoms with Gasteiger partial charge in [-0.1, -0.05) is 31.9 Å². The van der Waals surface area contributed by atoms with E-state index in [9.17, 15) is 4.79 Å². The molecule has 30 heavy (non-hydrogen) atoms. The van der Waals surface area contributed by atoms with Gasteiger partial charge in [0.2, 0.25) is 5.91 Å². The summed E-state index contributed by atoms with van der Waals surface area (Å²) < 4.78 is 5.63. The Balaban J connectivity index is 1.96. The number of guanidine groups is 1. The van der Waals surface area contributed by atoms with Crippen LogP contribution in [0.1, 0.15) is 71.3 Å². The zero-order valence-corrected chi connectivity index (χ0v) is 19.1. The second kappa shape index (κ2) is 13.3. The number of nitrogens with one attached hydrogen (secondary N) is 3. The van der Waals surface area contributed by atoms with E-state index >= 15 is 0 Å². The molecule has 0 aromatic heterocycles. The lowest BCUT2D eigenvalue weighted by Crippen LogP contribution is -2.43. The SMILES string of the molecule is CCCC(=O)Nc1cccc(CN=C(NCC)NCC2(CCOCC)CCCC2)c1. The molecule has 0 spiro atoms. The predicted octanol–water partition coefficient (Wildman–Crippen LogP) is 4.47. The van der Waals surface area contributed by atoms with E-state index in [1.54, 1.807) is 0 Å². The fourth-order valence-electron chi connectivity index (χ4n) is 4.05. The monoisotopic (exact) mass is 416 g/mol. The highest BCUT2D eigenvalue weighted by Gasteiger charge is 2.33. The molecule has 6 nitrogen and oxygen atoms in total. The van der Waals surface area contributed by atoms with Gasteiger partial charge in [-0.3, -0.25) is 4.79 Å². The maximum Gasteiger partial charge on any atom is 0.224 e. The molecule has 1 aliphatic carbocycles. The number of rotatable bonds is 12. The van der Waals surface area contributed by atoms with Gasteiger partial charge in [0.05, 0.1) is 6.54 Å². The third-order valence-corrected chi connectivity index (χ3v) is 5.73. The maximum atomic E-state index is 11.8. The van der Waals surface area contributed by atoms with Gasteiger partial charge >= 0.3 is 0 Å². The summed E-state index contributed by atoms with van der Waals surface area (Å²) in [6, 6.07) is 7.94. The Hall–Kier alpha value is -2.08. The minimum Gasteiger partial charge on any atom is -0.382 e. The molecule has 1 fully saturated rings. The molecule has 168 valence electrons. The highest BCUT2D eigenvalue weighted by atomic mass is 16.5. The topological polar surface area (TPSA) is 74.8 Å². The van der Waals surface area contributed by atoms with Crippen LogP contribution in [0.4, 0.5) is 5.69 Å². The van der Waals surface area contributed by atoms with Crippen LogP contribution in [0.2, 0.25) is 0 Å². The van der Waals surface area contributed by atoms with E-state index < -0.39 is 0 Å². The van der Waals surface area contributed by atoms with Gasteiger partial charge in [-0.15, -0.1) is 0 Å². The standard InChI is InChI=1S/C24H40N4O2/c1-4-10-22(29)28-21-12-9-11-20(17-21)18-26-23(25-5-2)27-19-24(13-7-8-14-24)15-16-30-6-3/h9,11-12,17H,4-8,10,13-16,18-19H2,1-3H3,(H,28,29)(H2,25,26,27). The Morgan fingerprint density at radius 3 is 2.67 bits per heavy atom. The number of aliphatic imine (C=N–C) groups is 1. The van der Waals surface area contributed by atoms with Crippen molar-refractivity contribution in [3.63, 3.8) is 0 Å². The van der Waals surface area contributed by atoms with Crippen molar-refractivity contribution in [2.24, 2.45) is 10.4 Å². The average Bonchev–Trinajstić information content (AvgIpc) is 3.20. The van der Waals surface area contributed by atoms with E-state index in [0.29, 0.717) is 18.4 Å². The van der Waals surface area contributed by atoms with Crippen LogP contribution in [0.3, 0.4) is 0 Å². The van der Waals surface area contributed by atoms with Crippen LogP contribution < -0.4 is 16.0 Å². The first-order valence-corrected chi connectivity index (χ1v) is 11.6. The van der Waals surface area contributed by atoms with Crippen molar-refractivity contribution < 1.29 is 9.53 Å². The van der Waals surface area contributed by atoms with Crippen molar-refractivity contribution >= 4 is 17.6 Å². The van der Waals surface area contributed by atoms with E-state index in [1.165, 1.54) is 25.7 Å². The molecule has 0 heterocycles. The number of benzene rings is 1. The lowest BCUT2D eigenvalue weighted by Gasteiger charge is -2.30. The van der Waals surface area contributed by atoms with Crippen molar-refractivity contribution in [1.82, 2.24) is 10.6 Å². The van der Waals surface area contributed by atoms with Crippen molar-refractivity contribution in [2.45, 2.75) is 72.3 Å². The molecule has 2 rings (SSSR count). The van der Waals surface area contributed by atoms with Crippen LogP contribution >= 0.6 is 0 Å². The van der Waals surface area contributed by atoms with Crippen LogP contribution in [0, 0.1) is 5.41 Å². The van der Waals surface area contributed by atoms with Gasteiger partial charge < -0.3 is 20.7 Å². The summed E-state index contributed by atoms with van der Waals surface area (Å²) in [5.41, 5.74) is 2.22. The fraction of sp³-hybridized carbons (Fsp3) is 0.667. The summed E-state index contributed by atoms with van der Waals surface area (Å²) in [6.07, 6.45) is 7.61. The van der Waals surface area contributed by atoms with Crippen molar-refractivity contribution in [3.05, 3.63) is 29.8 Å². The van der Waals surface area contributed by atoms with Gasteiger partial charge in [0, 0.05) is 38.4 Å². The van der Waals surface area contributed by atoms with Gasteiger partial charge in [0.1, 0.15) is 0 Å². The first kappa shape index (κ1) is 24.2. The van der Waals surface area contributed by atoms with E-state index in [1.807, 2.05) is 31.2 Å². The van der Waals surface area contributed by atoms with Crippen molar-refractivity contribution in [2.75, 3.05) is 31.6 Å². The predicted molar refractivity (Wildman–Crippen MR) is 125 cm³/mol. The molecular weight excluding hydrogens is 376 g/mol. The Morgan fingerprint density at radius 1 is 1.17 bits per heavy atom. The quantitative estimate of drug-likeness (QED) is 0.267. The second-order valence-corrected chi connectivity index (χ2v) is 8.20. The third-order valence-electron chi connectivity index (χ3n) is 5.73. The Bertz CT molecular complexity index is 669. The molecule has 0 bridgehead atoms. The maximum absolute atomic E-state index is 11.8. The minimum absolute atomic E-state index is 0.0575. The summed E-state index contributed by atoms with van der Waals surface area (Å²) in [4.78, 5) is 16.6. The summed E-state index contributed by atoms with van der Waals surface area (Å²) in [5, 5.41) is 9.90. The van der Waals surface area contributed by atoms with Crippen molar-refractivity contribution in [3.8, 4) is 0 Å². The van der Waals surface area contributed by atoms with Gasteiger partial charge in [-0.2, -0.15) is 0 Å². The smallest absolute Gasteiger partial charge is 0.224 e. The van der Waals surface area contributed by atoms with E-state index in [2.05, 4.69) is 29.8 Å². The fourth-order valence-corrected chi connectivity index (χ4v) is 4.05. The first-order chi connectivity index (χ1) is 14.6.